The van der Waals surface area contributed by atoms with Gasteiger partial charge in [-0.15, -0.1) is 0 Å². The minimum Gasteiger partial charge on any atom is -0.391 e. The minimum absolute atomic E-state index is 0.00881. The average Bonchev–Trinajstić information content (AvgIpc) is 3.00. The van der Waals surface area contributed by atoms with Gasteiger partial charge in [-0.2, -0.15) is 0 Å². The highest BCUT2D eigenvalue weighted by Crippen LogP contribution is 2.23. The first-order chi connectivity index (χ1) is 12.8. The summed E-state index contributed by atoms with van der Waals surface area (Å²) in [6, 6.07) is 10.9. The summed E-state index contributed by atoms with van der Waals surface area (Å²) in [7, 11) is 0. The van der Waals surface area contributed by atoms with Gasteiger partial charge in [0.1, 0.15) is 5.60 Å². The first-order valence-corrected chi connectivity index (χ1v) is 9.04. The number of pyridine rings is 1. The molecule has 5 nitrogen and oxygen atoms in total. The Morgan fingerprint density at radius 1 is 1.26 bits per heavy atom. The van der Waals surface area contributed by atoms with Gasteiger partial charge in [-0.05, 0) is 56.2 Å². The number of hydrogen-bond acceptors (Lipinski definition) is 4. The third kappa shape index (κ3) is 5.16. The maximum absolute atomic E-state index is 12.9. The normalized spacial score (nSPS) is 19.5. The number of carbonyl (C=O) groups excluding carboxylic acids is 1. The van der Waals surface area contributed by atoms with Crippen molar-refractivity contribution in [3.05, 3.63) is 65.5 Å². The minimum atomic E-state index is -1.08. The lowest BCUT2D eigenvalue weighted by Crippen LogP contribution is -2.29. The molecule has 0 radical (unpaired) electrons. The van der Waals surface area contributed by atoms with Crippen LogP contribution in [-0.4, -0.2) is 50.8 Å². The van der Waals surface area contributed by atoms with Crippen LogP contribution in [0.5, 0.6) is 0 Å². The fraction of sp³-hybridized carbons (Fsp3) is 0.364. The Kier molecular flexibility index (Phi) is 5.59. The summed E-state index contributed by atoms with van der Waals surface area (Å²) in [5, 5.41) is 20.1. The van der Waals surface area contributed by atoms with Crippen molar-refractivity contribution in [1.29, 1.82) is 0 Å². The molecule has 2 aromatic rings. The summed E-state index contributed by atoms with van der Waals surface area (Å²) < 4.78 is 0. The Labute approximate surface area is 159 Å². The lowest BCUT2D eigenvalue weighted by Gasteiger charge is -2.16. The number of rotatable bonds is 3. The number of amides is 1. The Hall–Kier alpha value is -2.68. The molecule has 5 heteroatoms. The van der Waals surface area contributed by atoms with E-state index in [0.29, 0.717) is 30.6 Å². The topological polar surface area (TPSA) is 73.7 Å². The molecule has 1 saturated heterocycles. The summed E-state index contributed by atoms with van der Waals surface area (Å²) in [6.07, 6.45) is 3.64. The van der Waals surface area contributed by atoms with Crippen molar-refractivity contribution < 1.29 is 15.0 Å². The van der Waals surface area contributed by atoms with Crippen LogP contribution in [0.3, 0.4) is 0 Å². The predicted octanol–water partition coefficient (Wildman–Crippen LogP) is 1.88. The lowest BCUT2D eigenvalue weighted by atomic mass is 9.97. The maximum Gasteiger partial charge on any atom is 0.253 e. The SMILES string of the molecule is CC(C)(O)C#Cc1cccc(C(=O)N2C[C@@H](Cc3ccncc3)[C@@H](O)C2)c1. The van der Waals surface area contributed by atoms with E-state index < -0.39 is 11.7 Å². The molecule has 1 aromatic carbocycles. The average molecular weight is 364 g/mol. The molecule has 27 heavy (non-hydrogen) atoms. The van der Waals surface area contributed by atoms with Crippen LogP contribution >= 0.6 is 0 Å². The van der Waals surface area contributed by atoms with Crippen LogP contribution in [0.25, 0.3) is 0 Å². The number of aliphatic hydroxyl groups excluding tert-OH is 1. The molecule has 2 N–H and O–H groups in total. The molecular weight excluding hydrogens is 340 g/mol. The summed E-state index contributed by atoms with van der Waals surface area (Å²) in [5.74, 6) is 5.54. The highest BCUT2D eigenvalue weighted by atomic mass is 16.3. The number of aromatic nitrogens is 1. The summed E-state index contributed by atoms with van der Waals surface area (Å²) in [5.41, 5.74) is 1.23. The zero-order valence-corrected chi connectivity index (χ0v) is 15.6. The number of aliphatic hydroxyl groups is 2. The Morgan fingerprint density at radius 3 is 2.70 bits per heavy atom. The molecule has 2 atom stereocenters. The zero-order chi connectivity index (χ0) is 19.4. The first-order valence-electron chi connectivity index (χ1n) is 9.04. The van der Waals surface area contributed by atoms with Crippen molar-refractivity contribution in [2.45, 2.75) is 32.0 Å². The van der Waals surface area contributed by atoms with Gasteiger partial charge in [-0.1, -0.05) is 17.9 Å². The molecule has 0 bridgehead atoms. The van der Waals surface area contributed by atoms with Crippen LogP contribution in [0.2, 0.25) is 0 Å². The van der Waals surface area contributed by atoms with Crippen molar-refractivity contribution in [3.63, 3.8) is 0 Å². The monoisotopic (exact) mass is 364 g/mol. The molecular formula is C22H24N2O3. The molecule has 0 spiro atoms. The number of hydrogen-bond donors (Lipinski definition) is 2. The fourth-order valence-corrected chi connectivity index (χ4v) is 3.18. The fourth-order valence-electron chi connectivity index (χ4n) is 3.18. The van der Waals surface area contributed by atoms with E-state index in [1.807, 2.05) is 12.1 Å². The van der Waals surface area contributed by atoms with Crippen molar-refractivity contribution in [3.8, 4) is 11.8 Å². The molecule has 2 heterocycles. The van der Waals surface area contributed by atoms with Gasteiger partial charge in [0.25, 0.3) is 5.91 Å². The van der Waals surface area contributed by atoms with E-state index in [2.05, 4.69) is 16.8 Å². The van der Waals surface area contributed by atoms with Crippen LogP contribution in [0.1, 0.15) is 35.3 Å². The van der Waals surface area contributed by atoms with Gasteiger partial charge >= 0.3 is 0 Å². The number of carbonyl (C=O) groups is 1. The van der Waals surface area contributed by atoms with E-state index in [1.165, 1.54) is 0 Å². The van der Waals surface area contributed by atoms with E-state index in [1.54, 1.807) is 55.4 Å². The number of benzene rings is 1. The summed E-state index contributed by atoms with van der Waals surface area (Å²) in [4.78, 5) is 18.6. The molecule has 1 aromatic heterocycles. The van der Waals surface area contributed by atoms with Crippen molar-refractivity contribution in [2.24, 2.45) is 5.92 Å². The van der Waals surface area contributed by atoms with Crippen molar-refractivity contribution in [2.75, 3.05) is 13.1 Å². The highest BCUT2D eigenvalue weighted by molar-refractivity contribution is 5.94. The smallest absolute Gasteiger partial charge is 0.253 e. The molecule has 3 rings (SSSR count). The second-order valence-electron chi connectivity index (χ2n) is 7.49. The number of nitrogens with zero attached hydrogens (tertiary/aromatic N) is 2. The third-order valence-corrected chi connectivity index (χ3v) is 4.56. The quantitative estimate of drug-likeness (QED) is 0.816. The van der Waals surface area contributed by atoms with E-state index in [0.717, 1.165) is 5.56 Å². The van der Waals surface area contributed by atoms with Gasteiger partial charge < -0.3 is 15.1 Å². The van der Waals surface area contributed by atoms with E-state index >= 15 is 0 Å². The first kappa shape index (κ1) is 19.1. The van der Waals surface area contributed by atoms with Crippen molar-refractivity contribution in [1.82, 2.24) is 9.88 Å². The van der Waals surface area contributed by atoms with Gasteiger partial charge in [-0.3, -0.25) is 9.78 Å². The van der Waals surface area contributed by atoms with Gasteiger partial charge in [0, 0.05) is 42.5 Å². The van der Waals surface area contributed by atoms with E-state index in [4.69, 9.17) is 0 Å². The molecule has 1 aliphatic rings. The Balaban J connectivity index is 1.70. The van der Waals surface area contributed by atoms with Gasteiger partial charge in [0.2, 0.25) is 0 Å². The predicted molar refractivity (Wildman–Crippen MR) is 103 cm³/mol. The van der Waals surface area contributed by atoms with Crippen LogP contribution in [0.4, 0.5) is 0 Å². The lowest BCUT2D eigenvalue weighted by molar-refractivity contribution is 0.0764. The van der Waals surface area contributed by atoms with Crippen molar-refractivity contribution >= 4 is 5.91 Å². The largest absolute Gasteiger partial charge is 0.391 e. The van der Waals surface area contributed by atoms with E-state index in [9.17, 15) is 15.0 Å². The molecule has 0 aliphatic carbocycles. The van der Waals surface area contributed by atoms with Gasteiger partial charge in [0.15, 0.2) is 0 Å². The zero-order valence-electron chi connectivity index (χ0n) is 15.6. The number of β-amino-alcohol motifs (C(OH)–C–C–N with tert-alkyl or cyclic N) is 1. The maximum atomic E-state index is 12.9. The molecule has 0 saturated carbocycles. The Morgan fingerprint density at radius 2 is 2.00 bits per heavy atom. The number of likely N-dealkylation sites (tertiary alicyclic amines) is 1. The van der Waals surface area contributed by atoms with Gasteiger partial charge in [0.05, 0.1) is 6.10 Å². The van der Waals surface area contributed by atoms with Crippen LogP contribution in [-0.2, 0) is 6.42 Å². The molecule has 1 aliphatic heterocycles. The highest BCUT2D eigenvalue weighted by Gasteiger charge is 2.34. The molecule has 140 valence electrons. The Bertz CT molecular complexity index is 862. The molecule has 1 fully saturated rings. The standard InChI is InChI=1S/C22H24N2O3/c1-22(2,27)9-6-16-4-3-5-18(12-16)21(26)24-14-19(20(25)15-24)13-17-7-10-23-11-8-17/h3-5,7-8,10-12,19-20,25,27H,13-15H2,1-2H3/t19-,20+/m1/s1. The van der Waals surface area contributed by atoms with E-state index in [-0.39, 0.29) is 11.8 Å². The summed E-state index contributed by atoms with van der Waals surface area (Å²) in [6.45, 7) is 4.07. The second kappa shape index (κ2) is 7.91. The molecule has 0 unspecified atom stereocenters. The summed E-state index contributed by atoms with van der Waals surface area (Å²) >= 11 is 0. The van der Waals surface area contributed by atoms with Crippen LogP contribution in [0, 0.1) is 17.8 Å². The van der Waals surface area contributed by atoms with Crippen LogP contribution < -0.4 is 0 Å². The molecule has 1 amide bonds. The third-order valence-electron chi connectivity index (χ3n) is 4.56. The second-order valence-corrected chi connectivity index (χ2v) is 7.49. The van der Waals surface area contributed by atoms with Gasteiger partial charge in [-0.25, -0.2) is 0 Å². The van der Waals surface area contributed by atoms with Crippen LogP contribution in [0.15, 0.2) is 48.8 Å².